The Bertz CT molecular complexity index is 511. The van der Waals surface area contributed by atoms with Crippen LogP contribution in [0, 0.1) is 5.82 Å². The van der Waals surface area contributed by atoms with Crippen LogP contribution in [0.25, 0.3) is 0 Å². The van der Waals surface area contributed by atoms with Crippen LogP contribution in [0.5, 0.6) is 11.5 Å². The Labute approximate surface area is 103 Å². The molecule has 0 atom stereocenters. The summed E-state index contributed by atoms with van der Waals surface area (Å²) in [6, 6.07) is 10.6. The first-order valence-electron chi connectivity index (χ1n) is 5.01. The van der Waals surface area contributed by atoms with Gasteiger partial charge >= 0.3 is 0 Å². The third kappa shape index (κ3) is 3.11. The highest BCUT2D eigenvalue weighted by Gasteiger charge is 2.01. The van der Waals surface area contributed by atoms with E-state index in [1.807, 2.05) is 0 Å². The zero-order valence-electron chi connectivity index (χ0n) is 8.86. The second-order valence-electron chi connectivity index (χ2n) is 3.53. The van der Waals surface area contributed by atoms with Gasteiger partial charge in [-0.15, -0.1) is 0 Å². The van der Waals surface area contributed by atoms with Gasteiger partial charge in [0.25, 0.3) is 0 Å². The molecule has 1 N–H and O–H groups in total. The van der Waals surface area contributed by atoms with E-state index in [9.17, 15) is 9.50 Å². The number of ether oxygens (including phenoxy) is 1. The number of benzene rings is 2. The first-order valence-corrected chi connectivity index (χ1v) is 5.39. The van der Waals surface area contributed by atoms with Crippen molar-refractivity contribution in [2.24, 2.45) is 0 Å². The number of hydrogen-bond donors (Lipinski definition) is 1. The highest BCUT2D eigenvalue weighted by atomic mass is 35.5. The number of phenolic OH excluding ortho intramolecular Hbond substituents is 1. The minimum absolute atomic E-state index is 0.0203. The van der Waals surface area contributed by atoms with E-state index in [2.05, 4.69) is 0 Å². The highest BCUT2D eigenvalue weighted by molar-refractivity contribution is 6.31. The molecule has 2 nitrogen and oxygen atoms in total. The summed E-state index contributed by atoms with van der Waals surface area (Å²) in [6.45, 7) is 0.288. The fourth-order valence-electron chi connectivity index (χ4n) is 1.35. The van der Waals surface area contributed by atoms with Gasteiger partial charge < -0.3 is 9.84 Å². The molecule has 0 saturated heterocycles. The van der Waals surface area contributed by atoms with Crippen molar-refractivity contribution in [1.82, 2.24) is 0 Å². The van der Waals surface area contributed by atoms with Gasteiger partial charge in [-0.05, 0) is 42.0 Å². The van der Waals surface area contributed by atoms with Gasteiger partial charge in [0.15, 0.2) is 0 Å². The number of hydrogen-bond acceptors (Lipinski definition) is 2. The third-order valence-corrected chi connectivity index (χ3v) is 2.55. The second-order valence-corrected chi connectivity index (χ2v) is 3.94. The first kappa shape index (κ1) is 11.7. The topological polar surface area (TPSA) is 29.5 Å². The standard InChI is InChI=1S/C13H10ClFO2/c14-12-6-1-9(7-13(12)16)8-17-11-4-2-10(15)3-5-11/h1-7,16H,8H2. The Hall–Kier alpha value is -1.74. The lowest BCUT2D eigenvalue weighted by Gasteiger charge is -2.07. The Morgan fingerprint density at radius 2 is 1.82 bits per heavy atom. The number of rotatable bonds is 3. The molecule has 88 valence electrons. The van der Waals surface area contributed by atoms with Crippen molar-refractivity contribution in [3.63, 3.8) is 0 Å². The van der Waals surface area contributed by atoms with Crippen LogP contribution in [-0.2, 0) is 6.61 Å². The fraction of sp³-hybridized carbons (Fsp3) is 0.0769. The maximum absolute atomic E-state index is 12.6. The van der Waals surface area contributed by atoms with Gasteiger partial charge in [0.2, 0.25) is 0 Å². The molecular weight excluding hydrogens is 243 g/mol. The van der Waals surface area contributed by atoms with Gasteiger partial charge in [-0.3, -0.25) is 0 Å². The maximum atomic E-state index is 12.6. The zero-order valence-corrected chi connectivity index (χ0v) is 9.62. The Morgan fingerprint density at radius 3 is 2.47 bits per heavy atom. The molecule has 0 spiro atoms. The predicted octanol–water partition coefficient (Wildman–Crippen LogP) is 3.76. The van der Waals surface area contributed by atoms with E-state index in [-0.39, 0.29) is 18.2 Å². The Morgan fingerprint density at radius 1 is 1.12 bits per heavy atom. The maximum Gasteiger partial charge on any atom is 0.134 e. The quantitative estimate of drug-likeness (QED) is 0.901. The molecule has 0 aliphatic rings. The van der Waals surface area contributed by atoms with Gasteiger partial charge in [-0.2, -0.15) is 0 Å². The summed E-state index contributed by atoms with van der Waals surface area (Å²) in [5, 5.41) is 9.70. The largest absolute Gasteiger partial charge is 0.506 e. The van der Waals surface area contributed by atoms with E-state index in [1.165, 1.54) is 18.2 Å². The summed E-state index contributed by atoms with van der Waals surface area (Å²) < 4.78 is 18.1. The molecule has 2 aromatic carbocycles. The van der Waals surface area contributed by atoms with Crippen LogP contribution in [-0.4, -0.2) is 5.11 Å². The minimum atomic E-state index is -0.304. The molecule has 0 saturated carbocycles. The van der Waals surface area contributed by atoms with Crippen LogP contribution in [0.3, 0.4) is 0 Å². The molecule has 0 aliphatic carbocycles. The van der Waals surface area contributed by atoms with Gasteiger partial charge in [0.1, 0.15) is 23.9 Å². The summed E-state index contributed by atoms with van der Waals surface area (Å²) in [6.07, 6.45) is 0. The Kier molecular flexibility index (Phi) is 3.49. The van der Waals surface area contributed by atoms with E-state index in [0.717, 1.165) is 5.56 Å². The second kappa shape index (κ2) is 5.06. The van der Waals surface area contributed by atoms with Crippen LogP contribution in [0.1, 0.15) is 5.56 Å². The van der Waals surface area contributed by atoms with E-state index >= 15 is 0 Å². The minimum Gasteiger partial charge on any atom is -0.506 e. The summed E-state index contributed by atoms with van der Waals surface area (Å²) in [7, 11) is 0. The molecule has 2 rings (SSSR count). The summed E-state index contributed by atoms with van der Waals surface area (Å²) in [5.41, 5.74) is 0.788. The van der Waals surface area contributed by atoms with E-state index < -0.39 is 0 Å². The molecule has 0 heterocycles. The first-order chi connectivity index (χ1) is 8.15. The molecular formula is C13H10ClFO2. The normalized spacial score (nSPS) is 10.2. The Balaban J connectivity index is 2.02. The molecule has 0 fully saturated rings. The van der Waals surface area contributed by atoms with Crippen molar-refractivity contribution >= 4 is 11.6 Å². The molecule has 0 aliphatic heterocycles. The third-order valence-electron chi connectivity index (χ3n) is 2.23. The molecule has 0 unspecified atom stereocenters. The SMILES string of the molecule is Oc1cc(COc2ccc(F)cc2)ccc1Cl. The van der Waals surface area contributed by atoms with Gasteiger partial charge in [-0.25, -0.2) is 4.39 Å². The number of phenols is 1. The average Bonchev–Trinajstić information content (AvgIpc) is 2.33. The molecule has 0 bridgehead atoms. The monoisotopic (exact) mass is 252 g/mol. The fourth-order valence-corrected chi connectivity index (χ4v) is 1.46. The number of aromatic hydroxyl groups is 1. The van der Waals surface area contributed by atoms with Crippen LogP contribution in [0.15, 0.2) is 42.5 Å². The molecule has 0 radical (unpaired) electrons. The van der Waals surface area contributed by atoms with Crippen molar-refractivity contribution in [2.75, 3.05) is 0 Å². The average molecular weight is 253 g/mol. The van der Waals surface area contributed by atoms with Crippen molar-refractivity contribution < 1.29 is 14.2 Å². The van der Waals surface area contributed by atoms with E-state index in [4.69, 9.17) is 16.3 Å². The lowest BCUT2D eigenvalue weighted by molar-refractivity contribution is 0.305. The van der Waals surface area contributed by atoms with Gasteiger partial charge in [0, 0.05) is 0 Å². The van der Waals surface area contributed by atoms with Crippen LogP contribution in [0.4, 0.5) is 4.39 Å². The molecule has 4 heteroatoms. The summed E-state index contributed by atoms with van der Waals surface area (Å²) in [5.74, 6) is 0.286. The van der Waals surface area contributed by atoms with Crippen molar-refractivity contribution in [3.8, 4) is 11.5 Å². The van der Waals surface area contributed by atoms with Gasteiger partial charge in [0.05, 0.1) is 5.02 Å². The van der Waals surface area contributed by atoms with E-state index in [1.54, 1.807) is 24.3 Å². The van der Waals surface area contributed by atoms with Crippen molar-refractivity contribution in [2.45, 2.75) is 6.61 Å². The molecule has 0 amide bonds. The van der Waals surface area contributed by atoms with Gasteiger partial charge in [-0.1, -0.05) is 17.7 Å². The lowest BCUT2D eigenvalue weighted by Crippen LogP contribution is -1.95. The summed E-state index contributed by atoms with van der Waals surface area (Å²) in [4.78, 5) is 0. The molecule has 0 aromatic heterocycles. The smallest absolute Gasteiger partial charge is 0.134 e. The van der Waals surface area contributed by atoms with Crippen LogP contribution in [0.2, 0.25) is 5.02 Å². The van der Waals surface area contributed by atoms with Crippen molar-refractivity contribution in [3.05, 3.63) is 58.9 Å². The summed E-state index contributed by atoms with van der Waals surface area (Å²) >= 11 is 5.68. The number of halogens is 2. The van der Waals surface area contributed by atoms with Crippen LogP contribution >= 0.6 is 11.6 Å². The molecule has 2 aromatic rings. The predicted molar refractivity (Wildman–Crippen MR) is 63.8 cm³/mol. The molecule has 17 heavy (non-hydrogen) atoms. The van der Waals surface area contributed by atoms with Crippen LogP contribution < -0.4 is 4.74 Å². The highest BCUT2D eigenvalue weighted by Crippen LogP contribution is 2.24. The lowest BCUT2D eigenvalue weighted by atomic mass is 10.2. The van der Waals surface area contributed by atoms with E-state index in [0.29, 0.717) is 10.8 Å². The zero-order chi connectivity index (χ0) is 12.3. The van der Waals surface area contributed by atoms with Crippen molar-refractivity contribution in [1.29, 1.82) is 0 Å².